The molecular formula is C18H22FN3O4S. The number of piperazine rings is 1. The molecule has 1 aliphatic heterocycles. The van der Waals surface area contributed by atoms with Crippen LogP contribution in [0.5, 0.6) is 5.75 Å². The Bertz CT molecular complexity index is 825. The van der Waals surface area contributed by atoms with Crippen molar-refractivity contribution in [2.24, 2.45) is 0 Å². The third-order valence-electron chi connectivity index (χ3n) is 4.33. The van der Waals surface area contributed by atoms with Gasteiger partial charge in [0.15, 0.2) is 0 Å². The maximum Gasteiger partial charge on any atom is 0.244 e. The van der Waals surface area contributed by atoms with Gasteiger partial charge in [0.2, 0.25) is 10.0 Å². The lowest BCUT2D eigenvalue weighted by molar-refractivity contribution is 0.0569. The van der Waals surface area contributed by atoms with Gasteiger partial charge in [0.25, 0.3) is 0 Å². The minimum atomic E-state index is -3.54. The molecule has 1 aromatic carbocycles. The number of rotatable bonds is 7. The summed E-state index contributed by atoms with van der Waals surface area (Å²) < 4.78 is 44.9. The largest absolute Gasteiger partial charge is 0.491 e. The van der Waals surface area contributed by atoms with Gasteiger partial charge < -0.3 is 9.84 Å². The fourth-order valence-electron chi connectivity index (χ4n) is 2.88. The Morgan fingerprint density at radius 1 is 1.15 bits per heavy atom. The summed E-state index contributed by atoms with van der Waals surface area (Å²) in [5.74, 6) is 0.143. The van der Waals surface area contributed by atoms with Crippen LogP contribution in [0.4, 0.5) is 4.39 Å². The number of aliphatic hydroxyl groups excluding tert-OH is 1. The summed E-state index contributed by atoms with van der Waals surface area (Å²) in [6, 6.07) is 8.73. The van der Waals surface area contributed by atoms with Gasteiger partial charge in [0.1, 0.15) is 29.2 Å². The second kappa shape index (κ2) is 8.75. The van der Waals surface area contributed by atoms with Gasteiger partial charge in [-0.15, -0.1) is 0 Å². The average molecular weight is 395 g/mol. The molecule has 0 aliphatic carbocycles. The summed E-state index contributed by atoms with van der Waals surface area (Å²) in [4.78, 5) is 6.05. The summed E-state index contributed by atoms with van der Waals surface area (Å²) in [6.07, 6.45) is 2.15. The summed E-state index contributed by atoms with van der Waals surface area (Å²) in [7, 11) is -3.54. The number of sulfonamides is 1. The van der Waals surface area contributed by atoms with Crippen LogP contribution in [-0.2, 0) is 10.0 Å². The second-order valence-corrected chi connectivity index (χ2v) is 8.25. The predicted octanol–water partition coefficient (Wildman–Crippen LogP) is 0.967. The van der Waals surface area contributed by atoms with Gasteiger partial charge in [-0.05, 0) is 36.4 Å². The maximum atomic E-state index is 12.9. The zero-order valence-electron chi connectivity index (χ0n) is 14.7. The molecule has 1 N–H and O–H groups in total. The first-order valence-electron chi connectivity index (χ1n) is 8.64. The fourth-order valence-corrected chi connectivity index (χ4v) is 4.26. The Morgan fingerprint density at radius 2 is 1.85 bits per heavy atom. The molecule has 1 aliphatic rings. The highest BCUT2D eigenvalue weighted by molar-refractivity contribution is 7.89. The van der Waals surface area contributed by atoms with Gasteiger partial charge in [0, 0.05) is 45.1 Å². The Morgan fingerprint density at radius 3 is 2.48 bits per heavy atom. The van der Waals surface area contributed by atoms with Gasteiger partial charge in [-0.3, -0.25) is 9.88 Å². The van der Waals surface area contributed by atoms with Crippen molar-refractivity contribution in [2.45, 2.75) is 11.0 Å². The van der Waals surface area contributed by atoms with Crippen molar-refractivity contribution in [3.8, 4) is 5.75 Å². The molecule has 2 heterocycles. The highest BCUT2D eigenvalue weighted by Gasteiger charge is 2.29. The third-order valence-corrected chi connectivity index (χ3v) is 6.21. The number of aliphatic hydroxyl groups is 1. The van der Waals surface area contributed by atoms with Crippen LogP contribution in [-0.4, -0.2) is 73.1 Å². The Hall–Kier alpha value is -2.07. The number of halogens is 1. The average Bonchev–Trinajstić information content (AvgIpc) is 2.69. The van der Waals surface area contributed by atoms with Crippen LogP contribution < -0.4 is 4.74 Å². The van der Waals surface area contributed by atoms with E-state index in [0.29, 0.717) is 38.5 Å². The van der Waals surface area contributed by atoms with Crippen LogP contribution in [0.2, 0.25) is 0 Å². The predicted molar refractivity (Wildman–Crippen MR) is 97.3 cm³/mol. The number of hydrogen-bond acceptors (Lipinski definition) is 6. The van der Waals surface area contributed by atoms with E-state index in [1.54, 1.807) is 6.07 Å². The molecule has 0 saturated carbocycles. The molecule has 1 atom stereocenters. The molecule has 0 amide bonds. The number of pyridine rings is 1. The van der Waals surface area contributed by atoms with Crippen molar-refractivity contribution in [2.75, 3.05) is 39.3 Å². The van der Waals surface area contributed by atoms with Crippen LogP contribution in [0.25, 0.3) is 0 Å². The topological polar surface area (TPSA) is 83.0 Å². The van der Waals surface area contributed by atoms with E-state index in [1.165, 1.54) is 47.0 Å². The molecule has 3 rings (SSSR count). The minimum Gasteiger partial charge on any atom is -0.491 e. The Balaban J connectivity index is 1.45. The number of β-amino-alcohol motifs (C(OH)–C–C–N with tert-alkyl or cyclic N) is 1. The van der Waals surface area contributed by atoms with E-state index in [9.17, 15) is 17.9 Å². The number of aromatic nitrogens is 1. The third kappa shape index (κ3) is 5.23. The Kier molecular flexibility index (Phi) is 6.38. The lowest BCUT2D eigenvalue weighted by Gasteiger charge is -2.34. The van der Waals surface area contributed by atoms with E-state index in [2.05, 4.69) is 4.98 Å². The van der Waals surface area contributed by atoms with Crippen molar-refractivity contribution >= 4 is 10.0 Å². The van der Waals surface area contributed by atoms with Crippen molar-refractivity contribution in [3.63, 3.8) is 0 Å². The number of ether oxygens (including phenoxy) is 1. The zero-order chi connectivity index (χ0) is 19.3. The van der Waals surface area contributed by atoms with Crippen molar-refractivity contribution < 1.29 is 22.7 Å². The summed E-state index contributed by atoms with van der Waals surface area (Å²) >= 11 is 0. The summed E-state index contributed by atoms with van der Waals surface area (Å²) in [6.45, 7) is 2.20. The first kappa shape index (κ1) is 19.7. The van der Waals surface area contributed by atoms with Crippen LogP contribution in [0, 0.1) is 5.82 Å². The molecule has 9 heteroatoms. The highest BCUT2D eigenvalue weighted by Crippen LogP contribution is 2.17. The molecule has 1 fully saturated rings. The smallest absolute Gasteiger partial charge is 0.244 e. The molecule has 1 saturated heterocycles. The van der Waals surface area contributed by atoms with Gasteiger partial charge in [-0.2, -0.15) is 4.31 Å². The van der Waals surface area contributed by atoms with Crippen molar-refractivity contribution in [1.82, 2.24) is 14.2 Å². The zero-order valence-corrected chi connectivity index (χ0v) is 15.6. The number of benzene rings is 1. The standard InChI is InChI=1S/C18H22FN3O4S/c19-15-3-5-17(6-4-15)26-14-16(23)13-21-8-10-22(11-9-21)27(24,25)18-2-1-7-20-12-18/h1-7,12,16,23H,8-11,13-14H2. The van der Waals surface area contributed by atoms with Gasteiger partial charge in [-0.1, -0.05) is 0 Å². The van der Waals surface area contributed by atoms with E-state index in [-0.39, 0.29) is 17.3 Å². The van der Waals surface area contributed by atoms with Crippen molar-refractivity contribution in [1.29, 1.82) is 0 Å². The van der Waals surface area contributed by atoms with Gasteiger partial charge in [-0.25, -0.2) is 12.8 Å². The van der Waals surface area contributed by atoms with Crippen molar-refractivity contribution in [3.05, 3.63) is 54.6 Å². The van der Waals surface area contributed by atoms with Crippen LogP contribution >= 0.6 is 0 Å². The lowest BCUT2D eigenvalue weighted by atomic mass is 10.3. The molecule has 27 heavy (non-hydrogen) atoms. The van der Waals surface area contributed by atoms with Crippen LogP contribution in [0.3, 0.4) is 0 Å². The quantitative estimate of drug-likeness (QED) is 0.752. The molecular weight excluding hydrogens is 373 g/mol. The van der Waals surface area contributed by atoms with E-state index in [1.807, 2.05) is 4.90 Å². The van der Waals surface area contributed by atoms with Crippen LogP contribution in [0.15, 0.2) is 53.7 Å². The molecule has 0 radical (unpaired) electrons. The number of hydrogen-bond donors (Lipinski definition) is 1. The summed E-state index contributed by atoms with van der Waals surface area (Å²) in [5, 5.41) is 10.1. The fraction of sp³-hybridized carbons (Fsp3) is 0.389. The maximum absolute atomic E-state index is 12.9. The van der Waals surface area contributed by atoms with Gasteiger partial charge >= 0.3 is 0 Å². The van der Waals surface area contributed by atoms with E-state index < -0.39 is 16.1 Å². The van der Waals surface area contributed by atoms with Crippen LogP contribution in [0.1, 0.15) is 0 Å². The molecule has 0 spiro atoms. The minimum absolute atomic E-state index is 0.0832. The number of nitrogens with zero attached hydrogens (tertiary/aromatic N) is 3. The molecule has 0 bridgehead atoms. The highest BCUT2D eigenvalue weighted by atomic mass is 32.2. The second-order valence-electron chi connectivity index (χ2n) is 6.31. The molecule has 7 nitrogen and oxygen atoms in total. The Labute approximate surface area is 158 Å². The van der Waals surface area contributed by atoms with Gasteiger partial charge in [0.05, 0.1) is 0 Å². The first-order chi connectivity index (χ1) is 12.9. The molecule has 1 aromatic heterocycles. The molecule has 146 valence electrons. The lowest BCUT2D eigenvalue weighted by Crippen LogP contribution is -2.50. The first-order valence-corrected chi connectivity index (χ1v) is 10.1. The summed E-state index contributed by atoms with van der Waals surface area (Å²) in [5.41, 5.74) is 0. The SMILES string of the molecule is O=S(=O)(c1cccnc1)N1CCN(CC(O)COc2ccc(F)cc2)CC1. The van der Waals surface area contributed by atoms with E-state index in [0.717, 1.165) is 0 Å². The van der Waals surface area contributed by atoms with E-state index >= 15 is 0 Å². The molecule has 2 aromatic rings. The normalized spacial score (nSPS) is 17.6. The van der Waals surface area contributed by atoms with E-state index in [4.69, 9.17) is 4.74 Å². The molecule has 1 unspecified atom stereocenters. The monoisotopic (exact) mass is 395 g/mol.